The van der Waals surface area contributed by atoms with Gasteiger partial charge in [0.05, 0.1) is 5.39 Å². The van der Waals surface area contributed by atoms with Crippen molar-refractivity contribution in [2.45, 2.75) is 26.8 Å². The van der Waals surface area contributed by atoms with Crippen LogP contribution >= 0.6 is 0 Å². The lowest BCUT2D eigenvalue weighted by Gasteiger charge is -2.10. The number of hydrogen-bond acceptors (Lipinski definition) is 4. The molecule has 0 radical (unpaired) electrons. The summed E-state index contributed by atoms with van der Waals surface area (Å²) < 4.78 is 0. The van der Waals surface area contributed by atoms with E-state index < -0.39 is 0 Å². The zero-order valence-electron chi connectivity index (χ0n) is 15.8. The van der Waals surface area contributed by atoms with Gasteiger partial charge in [0.1, 0.15) is 0 Å². The van der Waals surface area contributed by atoms with E-state index in [4.69, 9.17) is 0 Å². The van der Waals surface area contributed by atoms with E-state index in [1.807, 2.05) is 32.0 Å². The minimum atomic E-state index is -0.387. The first-order chi connectivity index (χ1) is 13.4. The first kappa shape index (κ1) is 19.3. The second-order valence-electron chi connectivity index (χ2n) is 6.98. The summed E-state index contributed by atoms with van der Waals surface area (Å²) >= 11 is 0. The molecule has 2 aromatic carbocycles. The maximum Gasteiger partial charge on any atom is 0.272 e. The standard InChI is InChI=1S/C21H22N4O3/c1-13(2)10-18(26)23-15-7-5-6-14(11-15)12-22-21(28)19-16-8-3-4-9-17(16)20(27)25-24-19/h3-9,11,13H,10,12H2,1-2H3,(H,22,28)(H,23,26)(H,25,27). The van der Waals surface area contributed by atoms with Crippen molar-refractivity contribution in [2.24, 2.45) is 5.92 Å². The first-order valence-electron chi connectivity index (χ1n) is 9.08. The molecule has 0 spiro atoms. The fraction of sp³-hybridized carbons (Fsp3) is 0.238. The third-order valence-electron chi connectivity index (χ3n) is 4.17. The molecule has 144 valence electrons. The third-order valence-corrected chi connectivity index (χ3v) is 4.17. The number of rotatable bonds is 6. The van der Waals surface area contributed by atoms with Gasteiger partial charge in [-0.15, -0.1) is 0 Å². The van der Waals surface area contributed by atoms with Crippen molar-refractivity contribution in [3.8, 4) is 0 Å². The Morgan fingerprint density at radius 2 is 1.82 bits per heavy atom. The Hall–Kier alpha value is -3.48. The highest BCUT2D eigenvalue weighted by atomic mass is 16.2. The second kappa shape index (κ2) is 8.47. The third kappa shape index (κ3) is 4.62. The molecule has 0 unspecified atom stereocenters. The maximum atomic E-state index is 12.6. The molecule has 2 amide bonds. The van der Waals surface area contributed by atoms with Gasteiger partial charge in [-0.3, -0.25) is 14.4 Å². The monoisotopic (exact) mass is 378 g/mol. The van der Waals surface area contributed by atoms with Gasteiger partial charge in [0.2, 0.25) is 5.91 Å². The average molecular weight is 378 g/mol. The van der Waals surface area contributed by atoms with Crippen LogP contribution < -0.4 is 16.2 Å². The summed E-state index contributed by atoms with van der Waals surface area (Å²) in [5.74, 6) is -0.149. The minimum absolute atomic E-state index is 0.0416. The quantitative estimate of drug-likeness (QED) is 0.613. The second-order valence-corrected chi connectivity index (χ2v) is 6.98. The van der Waals surface area contributed by atoms with Gasteiger partial charge in [0, 0.05) is 24.0 Å². The summed E-state index contributed by atoms with van der Waals surface area (Å²) in [6.07, 6.45) is 0.450. The van der Waals surface area contributed by atoms with E-state index in [1.54, 1.807) is 30.3 Å². The highest BCUT2D eigenvalue weighted by Gasteiger charge is 2.13. The first-order valence-corrected chi connectivity index (χ1v) is 9.08. The molecule has 3 N–H and O–H groups in total. The molecule has 0 saturated carbocycles. The number of H-pyrrole nitrogens is 1. The number of carbonyl (C=O) groups excluding carboxylic acids is 2. The van der Waals surface area contributed by atoms with Crippen LogP contribution in [0.4, 0.5) is 5.69 Å². The summed E-state index contributed by atoms with van der Waals surface area (Å²) in [5, 5.41) is 12.8. The Morgan fingerprint density at radius 1 is 1.07 bits per heavy atom. The molecule has 0 aliphatic carbocycles. The number of carbonyl (C=O) groups is 2. The van der Waals surface area contributed by atoms with Gasteiger partial charge in [-0.2, -0.15) is 5.10 Å². The molecule has 0 saturated heterocycles. The van der Waals surface area contributed by atoms with Crippen molar-refractivity contribution in [3.05, 3.63) is 70.1 Å². The Balaban J connectivity index is 1.70. The van der Waals surface area contributed by atoms with E-state index in [1.165, 1.54) is 0 Å². The Bertz CT molecular complexity index is 1070. The van der Waals surface area contributed by atoms with Crippen LogP contribution in [0, 0.1) is 5.92 Å². The molecule has 7 heteroatoms. The Kier molecular flexibility index (Phi) is 5.84. The summed E-state index contributed by atoms with van der Waals surface area (Å²) in [6, 6.07) is 14.1. The zero-order valence-corrected chi connectivity index (χ0v) is 15.8. The Labute approximate surface area is 162 Å². The molecule has 0 bridgehead atoms. The maximum absolute atomic E-state index is 12.6. The predicted molar refractivity (Wildman–Crippen MR) is 108 cm³/mol. The number of aromatic amines is 1. The van der Waals surface area contributed by atoms with Crippen LogP contribution in [-0.2, 0) is 11.3 Å². The van der Waals surface area contributed by atoms with Crippen LogP contribution in [0.1, 0.15) is 36.3 Å². The number of hydrogen-bond donors (Lipinski definition) is 3. The number of benzene rings is 2. The van der Waals surface area contributed by atoms with Gasteiger partial charge in [-0.1, -0.05) is 44.2 Å². The predicted octanol–water partition coefficient (Wildman–Crippen LogP) is 2.84. The average Bonchev–Trinajstić information content (AvgIpc) is 2.66. The van der Waals surface area contributed by atoms with Crippen LogP contribution in [-0.4, -0.2) is 22.0 Å². The smallest absolute Gasteiger partial charge is 0.272 e. The van der Waals surface area contributed by atoms with Gasteiger partial charge in [-0.05, 0) is 29.7 Å². The van der Waals surface area contributed by atoms with E-state index in [9.17, 15) is 14.4 Å². The molecule has 0 aliphatic rings. The van der Waals surface area contributed by atoms with Crippen LogP contribution in [0.3, 0.4) is 0 Å². The largest absolute Gasteiger partial charge is 0.347 e. The lowest BCUT2D eigenvalue weighted by Crippen LogP contribution is -2.26. The lowest BCUT2D eigenvalue weighted by atomic mass is 10.1. The molecular formula is C21H22N4O3. The van der Waals surface area contributed by atoms with Crippen molar-refractivity contribution in [1.29, 1.82) is 0 Å². The Morgan fingerprint density at radius 3 is 2.57 bits per heavy atom. The van der Waals surface area contributed by atoms with E-state index >= 15 is 0 Å². The van der Waals surface area contributed by atoms with Crippen molar-refractivity contribution in [2.75, 3.05) is 5.32 Å². The molecule has 0 aliphatic heterocycles. The fourth-order valence-corrected chi connectivity index (χ4v) is 2.90. The SMILES string of the molecule is CC(C)CC(=O)Nc1cccc(CNC(=O)c2n[nH]c(=O)c3ccccc23)c1. The molecule has 0 fully saturated rings. The lowest BCUT2D eigenvalue weighted by molar-refractivity contribution is -0.116. The molecule has 1 aromatic heterocycles. The van der Waals surface area contributed by atoms with Crippen molar-refractivity contribution >= 4 is 28.3 Å². The molecule has 0 atom stereocenters. The summed E-state index contributed by atoms with van der Waals surface area (Å²) in [4.78, 5) is 36.3. The highest BCUT2D eigenvalue weighted by molar-refractivity contribution is 6.04. The van der Waals surface area contributed by atoms with Gasteiger partial charge in [-0.25, -0.2) is 5.10 Å². The zero-order chi connectivity index (χ0) is 20.1. The number of fused-ring (bicyclic) bond motifs is 1. The molecule has 28 heavy (non-hydrogen) atoms. The summed E-state index contributed by atoms with van der Waals surface area (Å²) in [6.45, 7) is 4.24. The van der Waals surface area contributed by atoms with Crippen LogP contribution in [0.2, 0.25) is 0 Å². The van der Waals surface area contributed by atoms with Crippen molar-refractivity contribution in [1.82, 2.24) is 15.5 Å². The molecule has 3 aromatic rings. The number of nitrogens with zero attached hydrogens (tertiary/aromatic N) is 1. The van der Waals surface area contributed by atoms with Gasteiger partial charge in [0.25, 0.3) is 11.5 Å². The number of aromatic nitrogens is 2. The van der Waals surface area contributed by atoms with Crippen molar-refractivity contribution < 1.29 is 9.59 Å². The van der Waals surface area contributed by atoms with E-state index in [-0.39, 0.29) is 35.5 Å². The molecule has 1 heterocycles. The normalized spacial score (nSPS) is 10.8. The number of amides is 2. The van der Waals surface area contributed by atoms with E-state index in [2.05, 4.69) is 20.8 Å². The van der Waals surface area contributed by atoms with Crippen LogP contribution in [0.5, 0.6) is 0 Å². The van der Waals surface area contributed by atoms with Gasteiger partial charge >= 0.3 is 0 Å². The van der Waals surface area contributed by atoms with Gasteiger partial charge in [0.15, 0.2) is 5.69 Å². The summed E-state index contributed by atoms with van der Waals surface area (Å²) in [5.41, 5.74) is 1.35. The van der Waals surface area contributed by atoms with Crippen LogP contribution in [0.25, 0.3) is 10.8 Å². The van der Waals surface area contributed by atoms with E-state index in [0.29, 0.717) is 22.9 Å². The minimum Gasteiger partial charge on any atom is -0.347 e. The molecular weight excluding hydrogens is 356 g/mol. The van der Waals surface area contributed by atoms with Gasteiger partial charge < -0.3 is 10.6 Å². The van der Waals surface area contributed by atoms with Crippen molar-refractivity contribution in [3.63, 3.8) is 0 Å². The van der Waals surface area contributed by atoms with Crippen LogP contribution in [0.15, 0.2) is 53.3 Å². The fourth-order valence-electron chi connectivity index (χ4n) is 2.90. The molecule has 7 nitrogen and oxygen atoms in total. The topological polar surface area (TPSA) is 104 Å². The van der Waals surface area contributed by atoms with E-state index in [0.717, 1.165) is 5.56 Å². The summed E-state index contributed by atoms with van der Waals surface area (Å²) in [7, 11) is 0. The number of anilines is 1. The number of nitrogens with one attached hydrogen (secondary N) is 3. The molecule has 3 rings (SSSR count). The highest BCUT2D eigenvalue weighted by Crippen LogP contribution is 2.14.